The molecule has 0 fully saturated rings. The molecule has 1 aliphatic rings. The first-order valence-corrected chi connectivity index (χ1v) is 11.6. The number of nitrogens with one attached hydrogen (secondary N) is 2. The number of hydrogen-bond donors (Lipinski definition) is 2. The van der Waals surface area contributed by atoms with Crippen LogP contribution in [0.25, 0.3) is 0 Å². The van der Waals surface area contributed by atoms with Crippen molar-refractivity contribution in [1.82, 2.24) is 15.2 Å². The fourth-order valence-electron chi connectivity index (χ4n) is 4.20. The van der Waals surface area contributed by atoms with E-state index in [0.29, 0.717) is 35.7 Å². The summed E-state index contributed by atoms with van der Waals surface area (Å²) in [4.78, 5) is 37.9. The molecule has 2 amide bonds. The predicted octanol–water partition coefficient (Wildman–Crippen LogP) is 3.62. The van der Waals surface area contributed by atoms with Gasteiger partial charge in [-0.2, -0.15) is 0 Å². The highest BCUT2D eigenvalue weighted by Crippen LogP contribution is 2.23. The molecule has 0 spiro atoms. The lowest BCUT2D eigenvalue weighted by Gasteiger charge is -2.20. The molecule has 35 heavy (non-hydrogen) atoms. The van der Waals surface area contributed by atoms with Gasteiger partial charge in [0.1, 0.15) is 5.69 Å². The third-order valence-electron chi connectivity index (χ3n) is 6.13. The van der Waals surface area contributed by atoms with Gasteiger partial charge in [-0.25, -0.2) is 4.79 Å². The van der Waals surface area contributed by atoms with E-state index in [2.05, 4.69) is 10.6 Å². The number of nitrogens with zero attached hydrogens (tertiary/aromatic N) is 1. The number of methoxy groups -OCH3 is 1. The number of fused-ring (bicyclic) bond motifs is 1. The third kappa shape index (κ3) is 5.44. The van der Waals surface area contributed by atoms with Gasteiger partial charge >= 0.3 is 5.97 Å². The van der Waals surface area contributed by atoms with Crippen LogP contribution in [0.5, 0.6) is 0 Å². The van der Waals surface area contributed by atoms with Crippen LogP contribution in [-0.4, -0.2) is 36.1 Å². The summed E-state index contributed by atoms with van der Waals surface area (Å²) in [6.07, 6.45) is 0.740. The average molecular weight is 476 g/mol. The highest BCUT2D eigenvalue weighted by atomic mass is 16.5. The van der Waals surface area contributed by atoms with Gasteiger partial charge in [-0.05, 0) is 35.7 Å². The summed E-state index contributed by atoms with van der Waals surface area (Å²) < 4.78 is 12.2. The van der Waals surface area contributed by atoms with Gasteiger partial charge in [0, 0.05) is 13.1 Å². The third-order valence-corrected chi connectivity index (χ3v) is 6.13. The van der Waals surface area contributed by atoms with E-state index in [0.717, 1.165) is 17.5 Å². The van der Waals surface area contributed by atoms with E-state index < -0.39 is 5.97 Å². The van der Waals surface area contributed by atoms with Crippen molar-refractivity contribution in [2.75, 3.05) is 13.7 Å². The summed E-state index contributed by atoms with van der Waals surface area (Å²) in [6.45, 7) is 3.54. The molecule has 2 N–H and O–H groups in total. The van der Waals surface area contributed by atoms with Gasteiger partial charge in [-0.3, -0.25) is 9.59 Å². The minimum atomic E-state index is -0.411. The van der Waals surface area contributed by atoms with Crippen LogP contribution >= 0.6 is 0 Å². The summed E-state index contributed by atoms with van der Waals surface area (Å²) in [7, 11) is 1.33. The van der Waals surface area contributed by atoms with Crippen molar-refractivity contribution in [2.24, 2.45) is 0 Å². The lowest BCUT2D eigenvalue weighted by Crippen LogP contribution is -2.30. The molecule has 1 atom stereocenters. The standard InChI is InChI=1S/C27H29N3O5/c1-3-22(19-7-5-4-6-8-19)29-25(31)21-15-23(30-13-14-35-17-24(21)30)26(32)28-16-18-9-11-20(12-10-18)27(33)34-2/h4-12,15,22H,3,13-14,16-17H2,1-2H3,(H,28,32)(H,29,31). The molecule has 1 aliphatic heterocycles. The lowest BCUT2D eigenvalue weighted by molar-refractivity contribution is 0.0600. The number of aromatic nitrogens is 1. The topological polar surface area (TPSA) is 98.7 Å². The molecule has 2 heterocycles. The fraction of sp³-hybridized carbons (Fsp3) is 0.296. The number of rotatable bonds is 8. The van der Waals surface area contributed by atoms with Crippen LogP contribution in [0, 0.1) is 0 Å². The van der Waals surface area contributed by atoms with Gasteiger partial charge in [0.05, 0.1) is 43.2 Å². The monoisotopic (exact) mass is 475 g/mol. The molecule has 1 unspecified atom stereocenters. The van der Waals surface area contributed by atoms with Crippen molar-refractivity contribution >= 4 is 17.8 Å². The molecule has 0 saturated carbocycles. The maximum absolute atomic E-state index is 13.2. The zero-order valence-electron chi connectivity index (χ0n) is 19.9. The molecule has 2 aromatic carbocycles. The Labute approximate surface area is 204 Å². The summed E-state index contributed by atoms with van der Waals surface area (Å²) in [5.41, 5.74) is 3.89. The minimum absolute atomic E-state index is 0.131. The Morgan fingerprint density at radius 2 is 1.80 bits per heavy atom. The molecule has 3 aromatic rings. The van der Waals surface area contributed by atoms with Crippen LogP contribution in [0.3, 0.4) is 0 Å². The molecule has 0 aliphatic carbocycles. The minimum Gasteiger partial charge on any atom is -0.465 e. The van der Waals surface area contributed by atoms with Gasteiger partial charge in [-0.1, -0.05) is 49.4 Å². The molecule has 8 heteroatoms. The van der Waals surface area contributed by atoms with Crippen LogP contribution in [0.1, 0.15) is 67.4 Å². The van der Waals surface area contributed by atoms with Crippen molar-refractivity contribution in [1.29, 1.82) is 0 Å². The van der Waals surface area contributed by atoms with E-state index in [4.69, 9.17) is 9.47 Å². The van der Waals surface area contributed by atoms with Gasteiger partial charge in [0.2, 0.25) is 0 Å². The lowest BCUT2D eigenvalue weighted by atomic mass is 10.0. The molecule has 8 nitrogen and oxygen atoms in total. The Hall–Kier alpha value is -3.91. The van der Waals surface area contributed by atoms with E-state index in [-0.39, 0.29) is 31.0 Å². The normalized spacial score (nSPS) is 13.4. The molecule has 0 bridgehead atoms. The second-order valence-corrected chi connectivity index (χ2v) is 8.31. The number of ether oxygens (including phenoxy) is 2. The first-order valence-electron chi connectivity index (χ1n) is 11.6. The van der Waals surface area contributed by atoms with Crippen LogP contribution in [0.2, 0.25) is 0 Å². The maximum Gasteiger partial charge on any atom is 0.337 e. The molecular weight excluding hydrogens is 446 g/mol. The van der Waals surface area contributed by atoms with Crippen molar-refractivity contribution in [3.63, 3.8) is 0 Å². The molecule has 0 saturated heterocycles. The van der Waals surface area contributed by atoms with Gasteiger partial charge in [-0.15, -0.1) is 0 Å². The van der Waals surface area contributed by atoms with E-state index in [1.165, 1.54) is 7.11 Å². The number of esters is 1. The van der Waals surface area contributed by atoms with Gasteiger partial charge in [0.15, 0.2) is 0 Å². The Morgan fingerprint density at radius 1 is 1.06 bits per heavy atom. The quantitative estimate of drug-likeness (QED) is 0.485. The van der Waals surface area contributed by atoms with Crippen LogP contribution in [-0.2, 0) is 29.2 Å². The summed E-state index contributed by atoms with van der Waals surface area (Å²) in [6, 6.07) is 18.2. The molecule has 182 valence electrons. The van der Waals surface area contributed by atoms with Crippen molar-refractivity contribution in [3.8, 4) is 0 Å². The maximum atomic E-state index is 13.2. The molecular formula is C27H29N3O5. The van der Waals surface area contributed by atoms with Crippen molar-refractivity contribution in [3.05, 3.63) is 94.3 Å². The summed E-state index contributed by atoms with van der Waals surface area (Å²) in [5, 5.41) is 6.01. The first-order chi connectivity index (χ1) is 17.0. The van der Waals surface area contributed by atoms with Crippen LogP contribution in [0.15, 0.2) is 60.7 Å². The largest absolute Gasteiger partial charge is 0.465 e. The highest BCUT2D eigenvalue weighted by Gasteiger charge is 2.27. The number of hydrogen-bond acceptors (Lipinski definition) is 5. The Balaban J connectivity index is 1.50. The predicted molar refractivity (Wildman–Crippen MR) is 130 cm³/mol. The second-order valence-electron chi connectivity index (χ2n) is 8.31. The first kappa shape index (κ1) is 24.2. The highest BCUT2D eigenvalue weighted by molar-refractivity contribution is 6.00. The Kier molecular flexibility index (Phi) is 7.62. The van der Waals surface area contributed by atoms with E-state index in [1.807, 2.05) is 41.8 Å². The Morgan fingerprint density at radius 3 is 2.49 bits per heavy atom. The Bertz CT molecular complexity index is 1200. The van der Waals surface area contributed by atoms with Crippen molar-refractivity contribution < 1.29 is 23.9 Å². The summed E-state index contributed by atoms with van der Waals surface area (Å²) >= 11 is 0. The fourth-order valence-corrected chi connectivity index (χ4v) is 4.20. The van der Waals surface area contributed by atoms with Gasteiger partial charge in [0.25, 0.3) is 11.8 Å². The zero-order valence-corrected chi connectivity index (χ0v) is 19.9. The second kappa shape index (κ2) is 11.0. The number of carbonyl (C=O) groups excluding carboxylic acids is 3. The molecule has 1 aromatic heterocycles. The number of carbonyl (C=O) groups is 3. The van der Waals surface area contributed by atoms with Gasteiger partial charge < -0.3 is 24.7 Å². The summed E-state index contributed by atoms with van der Waals surface area (Å²) in [5.74, 6) is -0.919. The van der Waals surface area contributed by atoms with E-state index in [1.54, 1.807) is 30.3 Å². The smallest absolute Gasteiger partial charge is 0.337 e. The van der Waals surface area contributed by atoms with Crippen LogP contribution in [0.4, 0.5) is 0 Å². The number of amides is 2. The SMILES string of the molecule is CCC(NC(=O)c1cc(C(=O)NCc2ccc(C(=O)OC)cc2)n2c1COCC2)c1ccccc1. The zero-order chi connectivity index (χ0) is 24.8. The average Bonchev–Trinajstić information content (AvgIpc) is 3.30. The van der Waals surface area contributed by atoms with E-state index >= 15 is 0 Å². The van der Waals surface area contributed by atoms with Crippen molar-refractivity contribution in [2.45, 2.75) is 39.1 Å². The molecule has 4 rings (SSSR count). The number of benzene rings is 2. The molecule has 0 radical (unpaired) electrons. The van der Waals surface area contributed by atoms with E-state index in [9.17, 15) is 14.4 Å². The van der Waals surface area contributed by atoms with Crippen LogP contribution < -0.4 is 10.6 Å².